The Bertz CT molecular complexity index is 368. The van der Waals surface area contributed by atoms with Crippen LogP contribution in [0.2, 0.25) is 0 Å². The molecule has 2 nitrogen and oxygen atoms in total. The van der Waals surface area contributed by atoms with Gasteiger partial charge in [0.2, 0.25) is 0 Å². The molecular formula is C13H15FO2. The van der Waals surface area contributed by atoms with Crippen LogP contribution < -0.4 is 0 Å². The normalized spacial score (nSPS) is 16.9. The summed E-state index contributed by atoms with van der Waals surface area (Å²) in [5.74, 6) is 0.315. The first-order valence-corrected chi connectivity index (χ1v) is 5.53. The molecule has 0 spiro atoms. The minimum Gasteiger partial charge on any atom is -0.469 e. The van der Waals surface area contributed by atoms with Crippen LogP contribution in [0.1, 0.15) is 30.7 Å². The van der Waals surface area contributed by atoms with Crippen LogP contribution in [-0.4, -0.2) is 13.1 Å². The van der Waals surface area contributed by atoms with Crippen molar-refractivity contribution in [3.05, 3.63) is 35.6 Å². The molecule has 2 rings (SSSR count). The van der Waals surface area contributed by atoms with Gasteiger partial charge in [-0.15, -0.1) is 0 Å². The fourth-order valence-electron chi connectivity index (χ4n) is 2.03. The average molecular weight is 222 g/mol. The molecule has 0 aromatic heterocycles. The van der Waals surface area contributed by atoms with Crippen molar-refractivity contribution >= 4 is 5.97 Å². The zero-order chi connectivity index (χ0) is 11.5. The fraction of sp³-hybridized carbons (Fsp3) is 0.462. The molecule has 0 amide bonds. The molecule has 16 heavy (non-hydrogen) atoms. The van der Waals surface area contributed by atoms with E-state index in [1.807, 2.05) is 0 Å². The highest BCUT2D eigenvalue weighted by molar-refractivity contribution is 5.70. The van der Waals surface area contributed by atoms with Gasteiger partial charge < -0.3 is 4.74 Å². The Balaban J connectivity index is 2.12. The highest BCUT2D eigenvalue weighted by Crippen LogP contribution is 2.44. The molecule has 0 saturated heterocycles. The largest absolute Gasteiger partial charge is 0.469 e. The van der Waals surface area contributed by atoms with E-state index in [4.69, 9.17) is 4.74 Å². The van der Waals surface area contributed by atoms with E-state index in [-0.39, 0.29) is 17.7 Å². The first-order valence-electron chi connectivity index (χ1n) is 5.53. The fourth-order valence-corrected chi connectivity index (χ4v) is 2.03. The average Bonchev–Trinajstić information content (AvgIpc) is 3.11. The summed E-state index contributed by atoms with van der Waals surface area (Å²) in [6.07, 6.45) is 2.70. The summed E-state index contributed by atoms with van der Waals surface area (Å²) < 4.78 is 17.5. The molecule has 1 aliphatic carbocycles. The van der Waals surface area contributed by atoms with Gasteiger partial charge in [-0.2, -0.15) is 0 Å². The molecule has 0 aliphatic heterocycles. The summed E-state index contributed by atoms with van der Waals surface area (Å²) in [5, 5.41) is 0. The van der Waals surface area contributed by atoms with Crippen LogP contribution in [0.15, 0.2) is 24.3 Å². The lowest BCUT2D eigenvalue weighted by atomic mass is 9.91. The van der Waals surface area contributed by atoms with E-state index >= 15 is 0 Å². The van der Waals surface area contributed by atoms with Gasteiger partial charge in [-0.25, -0.2) is 4.39 Å². The lowest BCUT2D eigenvalue weighted by Crippen LogP contribution is -2.10. The van der Waals surface area contributed by atoms with Gasteiger partial charge in [-0.1, -0.05) is 12.1 Å². The Morgan fingerprint density at radius 3 is 2.56 bits per heavy atom. The third-order valence-electron chi connectivity index (χ3n) is 3.10. The van der Waals surface area contributed by atoms with Gasteiger partial charge in [-0.3, -0.25) is 4.79 Å². The molecule has 0 heterocycles. The van der Waals surface area contributed by atoms with Crippen molar-refractivity contribution in [2.24, 2.45) is 5.92 Å². The maximum atomic E-state index is 12.8. The Labute approximate surface area is 94.4 Å². The Hall–Kier alpha value is -1.38. The Morgan fingerprint density at radius 2 is 2.06 bits per heavy atom. The molecule has 1 unspecified atom stereocenters. The summed E-state index contributed by atoms with van der Waals surface area (Å²) >= 11 is 0. The zero-order valence-electron chi connectivity index (χ0n) is 9.28. The minimum atomic E-state index is -0.239. The van der Waals surface area contributed by atoms with Gasteiger partial charge in [0, 0.05) is 0 Å². The first kappa shape index (κ1) is 11.1. The minimum absolute atomic E-state index is 0.188. The van der Waals surface area contributed by atoms with Crippen molar-refractivity contribution in [3.8, 4) is 0 Å². The van der Waals surface area contributed by atoms with Crippen LogP contribution in [0.3, 0.4) is 0 Å². The van der Waals surface area contributed by atoms with Gasteiger partial charge in [0.25, 0.3) is 0 Å². The second-order valence-corrected chi connectivity index (χ2v) is 4.28. The molecule has 3 heteroatoms. The summed E-state index contributed by atoms with van der Waals surface area (Å²) in [5.41, 5.74) is 1.04. The SMILES string of the molecule is COC(=O)CC(c1ccc(F)cc1)C1CC1. The molecule has 1 fully saturated rings. The van der Waals surface area contributed by atoms with Crippen molar-refractivity contribution in [1.82, 2.24) is 0 Å². The van der Waals surface area contributed by atoms with Gasteiger partial charge in [0.15, 0.2) is 0 Å². The van der Waals surface area contributed by atoms with Crippen LogP contribution in [0.5, 0.6) is 0 Å². The Morgan fingerprint density at radius 1 is 1.44 bits per heavy atom. The lowest BCUT2D eigenvalue weighted by Gasteiger charge is -2.15. The number of halogens is 1. The van der Waals surface area contributed by atoms with Crippen molar-refractivity contribution in [2.45, 2.75) is 25.2 Å². The molecule has 0 bridgehead atoms. The van der Waals surface area contributed by atoms with Gasteiger partial charge in [-0.05, 0) is 42.4 Å². The number of hydrogen-bond donors (Lipinski definition) is 0. The van der Waals surface area contributed by atoms with E-state index in [2.05, 4.69) is 0 Å². The second kappa shape index (κ2) is 4.64. The number of ether oxygens (including phenoxy) is 1. The van der Waals surface area contributed by atoms with Crippen molar-refractivity contribution in [2.75, 3.05) is 7.11 Å². The lowest BCUT2D eigenvalue weighted by molar-refractivity contribution is -0.141. The number of carbonyl (C=O) groups is 1. The molecule has 1 atom stereocenters. The predicted molar refractivity (Wildman–Crippen MR) is 58.5 cm³/mol. The van der Waals surface area contributed by atoms with E-state index in [1.165, 1.54) is 19.2 Å². The van der Waals surface area contributed by atoms with Crippen LogP contribution in [-0.2, 0) is 9.53 Å². The van der Waals surface area contributed by atoms with E-state index in [1.54, 1.807) is 12.1 Å². The third kappa shape index (κ3) is 2.60. The second-order valence-electron chi connectivity index (χ2n) is 4.28. The van der Waals surface area contributed by atoms with Crippen LogP contribution >= 0.6 is 0 Å². The first-order chi connectivity index (χ1) is 7.70. The van der Waals surface area contributed by atoms with Crippen molar-refractivity contribution in [1.29, 1.82) is 0 Å². The van der Waals surface area contributed by atoms with Crippen LogP contribution in [0.4, 0.5) is 4.39 Å². The maximum absolute atomic E-state index is 12.8. The number of carbonyl (C=O) groups excluding carboxylic acids is 1. The molecule has 1 aromatic carbocycles. The number of rotatable bonds is 4. The number of esters is 1. The molecule has 1 saturated carbocycles. The summed E-state index contributed by atoms with van der Waals surface area (Å²) in [6.45, 7) is 0. The van der Waals surface area contributed by atoms with E-state index in [0.717, 1.165) is 18.4 Å². The summed E-state index contributed by atoms with van der Waals surface area (Å²) in [4.78, 5) is 11.3. The van der Waals surface area contributed by atoms with Crippen LogP contribution in [0.25, 0.3) is 0 Å². The zero-order valence-corrected chi connectivity index (χ0v) is 9.28. The van der Waals surface area contributed by atoms with E-state index in [0.29, 0.717) is 12.3 Å². The molecule has 1 aromatic rings. The smallest absolute Gasteiger partial charge is 0.306 e. The number of benzene rings is 1. The molecule has 0 N–H and O–H groups in total. The van der Waals surface area contributed by atoms with E-state index in [9.17, 15) is 9.18 Å². The number of methoxy groups -OCH3 is 1. The topological polar surface area (TPSA) is 26.3 Å². The van der Waals surface area contributed by atoms with Gasteiger partial charge in [0.1, 0.15) is 5.82 Å². The standard InChI is InChI=1S/C13H15FO2/c1-16-13(15)8-12(9-2-3-9)10-4-6-11(14)7-5-10/h4-7,9,12H,2-3,8H2,1H3. The van der Waals surface area contributed by atoms with Crippen molar-refractivity contribution < 1.29 is 13.9 Å². The highest BCUT2D eigenvalue weighted by Gasteiger charge is 2.33. The molecular weight excluding hydrogens is 207 g/mol. The van der Waals surface area contributed by atoms with Crippen molar-refractivity contribution in [3.63, 3.8) is 0 Å². The summed E-state index contributed by atoms with van der Waals surface area (Å²) in [6, 6.07) is 6.42. The van der Waals surface area contributed by atoms with Crippen LogP contribution in [0, 0.1) is 11.7 Å². The number of hydrogen-bond acceptors (Lipinski definition) is 2. The molecule has 1 aliphatic rings. The third-order valence-corrected chi connectivity index (χ3v) is 3.10. The van der Waals surface area contributed by atoms with Gasteiger partial charge in [0.05, 0.1) is 13.5 Å². The molecule has 0 radical (unpaired) electrons. The Kier molecular flexibility index (Phi) is 3.22. The monoisotopic (exact) mass is 222 g/mol. The molecule has 86 valence electrons. The quantitative estimate of drug-likeness (QED) is 0.732. The van der Waals surface area contributed by atoms with E-state index < -0.39 is 0 Å². The maximum Gasteiger partial charge on any atom is 0.306 e. The predicted octanol–water partition coefficient (Wildman–Crippen LogP) is 2.88. The summed E-state index contributed by atoms with van der Waals surface area (Å²) in [7, 11) is 1.40. The van der Waals surface area contributed by atoms with Gasteiger partial charge >= 0.3 is 5.97 Å². The highest BCUT2D eigenvalue weighted by atomic mass is 19.1.